The lowest BCUT2D eigenvalue weighted by Crippen LogP contribution is -2.51. The van der Waals surface area contributed by atoms with Gasteiger partial charge in [0.1, 0.15) is 18.0 Å². The van der Waals surface area contributed by atoms with Crippen LogP contribution in [0.25, 0.3) is 0 Å². The first kappa shape index (κ1) is 26.1. The average Bonchev–Trinajstić information content (AvgIpc) is 3.11. The summed E-state index contributed by atoms with van der Waals surface area (Å²) in [5, 5.41) is 0. The molecule has 3 saturated carbocycles. The molecule has 6 nitrogen and oxygen atoms in total. The molecule has 0 radical (unpaired) electrons. The van der Waals surface area contributed by atoms with Gasteiger partial charge in [-0.15, -0.1) is 0 Å². The minimum Gasteiger partial charge on any atom is -0.462 e. The molecule has 0 N–H and O–H groups in total. The molecule has 1 unspecified atom stereocenters. The van der Waals surface area contributed by atoms with E-state index in [-0.39, 0.29) is 42.2 Å². The maximum Gasteiger partial charge on any atom is 0.341 e. The van der Waals surface area contributed by atoms with Crippen molar-refractivity contribution >= 4 is 19.3 Å². The highest BCUT2D eigenvalue weighted by atomic mass is 31.2. The average molecular weight is 495 g/mol. The van der Waals surface area contributed by atoms with E-state index in [1.807, 2.05) is 0 Å². The summed E-state index contributed by atoms with van der Waals surface area (Å²) < 4.78 is 29.0. The van der Waals surface area contributed by atoms with Crippen LogP contribution in [0.15, 0.2) is 11.6 Å². The number of hydrogen-bond acceptors (Lipinski definition) is 6. The normalized spacial score (nSPS) is 39.4. The van der Waals surface area contributed by atoms with Crippen LogP contribution in [0.4, 0.5) is 0 Å². The van der Waals surface area contributed by atoms with Crippen molar-refractivity contribution in [1.82, 2.24) is 0 Å². The van der Waals surface area contributed by atoms with Gasteiger partial charge >= 0.3 is 13.6 Å². The summed E-state index contributed by atoms with van der Waals surface area (Å²) in [5.41, 5.74) is 1.74. The van der Waals surface area contributed by atoms with Crippen molar-refractivity contribution in [3.8, 4) is 0 Å². The topological polar surface area (TPSA) is 78.9 Å². The van der Waals surface area contributed by atoms with Crippen molar-refractivity contribution < 1.29 is 27.9 Å². The molecule has 7 atom stereocenters. The van der Waals surface area contributed by atoms with Crippen LogP contribution in [-0.4, -0.2) is 37.2 Å². The quantitative estimate of drug-likeness (QED) is 0.223. The van der Waals surface area contributed by atoms with Gasteiger partial charge in [-0.05, 0) is 94.3 Å². The minimum absolute atomic E-state index is 0.146. The van der Waals surface area contributed by atoms with E-state index in [0.29, 0.717) is 23.5 Å². The van der Waals surface area contributed by atoms with Crippen LogP contribution < -0.4 is 0 Å². The Hall–Kier alpha value is -0.970. The highest BCUT2D eigenvalue weighted by Gasteiger charge is 2.59. The first-order valence-corrected chi connectivity index (χ1v) is 15.1. The van der Waals surface area contributed by atoms with E-state index in [2.05, 4.69) is 19.9 Å². The number of Topliss-reactive ketones (excluding diaryl/α,β-unsaturated/α-hetero) is 1. The van der Waals surface area contributed by atoms with E-state index < -0.39 is 13.6 Å². The number of esters is 1. The van der Waals surface area contributed by atoms with E-state index in [4.69, 9.17) is 13.8 Å². The molecule has 0 bridgehead atoms. The van der Waals surface area contributed by atoms with Gasteiger partial charge in [-0.3, -0.25) is 14.2 Å². The smallest absolute Gasteiger partial charge is 0.341 e. The van der Waals surface area contributed by atoms with Gasteiger partial charge in [0.2, 0.25) is 0 Å². The SMILES string of the molecule is CCOP(=O)(CC(=O)OC1CC[C@@]2(C)C(=CC[C@H]3[C@@H]4CC[C@H](C(C)=O)[C@@]4(C)CC[C@@H]32)C1)OCC. The van der Waals surface area contributed by atoms with Crippen molar-refractivity contribution in [1.29, 1.82) is 0 Å². The maximum atomic E-state index is 12.7. The second-order valence-electron chi connectivity index (χ2n) is 11.5. The second kappa shape index (κ2) is 9.82. The Labute approximate surface area is 205 Å². The Morgan fingerprint density at radius 2 is 1.74 bits per heavy atom. The molecule has 0 amide bonds. The van der Waals surface area contributed by atoms with Crippen molar-refractivity contribution in [2.75, 3.05) is 19.4 Å². The molecule has 4 aliphatic carbocycles. The summed E-state index contributed by atoms with van der Waals surface area (Å²) in [7, 11) is -3.45. The van der Waals surface area contributed by atoms with Crippen molar-refractivity contribution in [3.63, 3.8) is 0 Å². The number of carbonyl (C=O) groups excluding carboxylic acids is 2. The van der Waals surface area contributed by atoms with Gasteiger partial charge < -0.3 is 13.8 Å². The molecule has 4 aliphatic rings. The molecule has 4 rings (SSSR count). The van der Waals surface area contributed by atoms with E-state index in [1.54, 1.807) is 20.8 Å². The summed E-state index contributed by atoms with van der Waals surface area (Å²) in [6.45, 7) is 10.5. The maximum absolute atomic E-state index is 12.7. The molecule has 0 aliphatic heterocycles. The summed E-state index contributed by atoms with van der Waals surface area (Å²) in [6, 6.07) is 0. The van der Waals surface area contributed by atoms with Gasteiger partial charge in [-0.2, -0.15) is 0 Å². The fourth-order valence-electron chi connectivity index (χ4n) is 8.30. The van der Waals surface area contributed by atoms with Crippen LogP contribution in [0.3, 0.4) is 0 Å². The first-order valence-electron chi connectivity index (χ1n) is 13.3. The lowest BCUT2D eigenvalue weighted by atomic mass is 9.47. The summed E-state index contributed by atoms with van der Waals surface area (Å²) in [5.74, 6) is 2.04. The van der Waals surface area contributed by atoms with Gasteiger partial charge in [0.25, 0.3) is 0 Å². The number of fused-ring (bicyclic) bond motifs is 5. The molecule has 7 heteroatoms. The Kier molecular flexibility index (Phi) is 7.54. The molecular formula is C27H43O6P. The van der Waals surface area contributed by atoms with E-state index in [9.17, 15) is 14.2 Å². The van der Waals surface area contributed by atoms with Crippen molar-refractivity contribution in [2.24, 2.45) is 34.5 Å². The predicted molar refractivity (Wildman–Crippen MR) is 131 cm³/mol. The summed E-state index contributed by atoms with van der Waals surface area (Å²) in [4.78, 5) is 24.9. The summed E-state index contributed by atoms with van der Waals surface area (Å²) >= 11 is 0. The van der Waals surface area contributed by atoms with Crippen LogP contribution in [-0.2, 0) is 27.9 Å². The molecule has 34 heavy (non-hydrogen) atoms. The monoisotopic (exact) mass is 494 g/mol. The Balaban J connectivity index is 1.43. The minimum atomic E-state index is -3.45. The van der Waals surface area contributed by atoms with Crippen molar-refractivity contribution in [3.05, 3.63) is 11.6 Å². The fourth-order valence-corrected chi connectivity index (χ4v) is 9.73. The zero-order valence-electron chi connectivity index (χ0n) is 21.6. The lowest BCUT2D eigenvalue weighted by Gasteiger charge is -2.58. The zero-order chi connectivity index (χ0) is 24.7. The van der Waals surface area contributed by atoms with Gasteiger partial charge in [0.05, 0.1) is 13.2 Å². The molecular weight excluding hydrogens is 451 g/mol. The third-order valence-electron chi connectivity index (χ3n) is 9.82. The third-order valence-corrected chi connectivity index (χ3v) is 11.8. The van der Waals surface area contributed by atoms with E-state index >= 15 is 0 Å². The number of rotatable bonds is 8. The largest absolute Gasteiger partial charge is 0.462 e. The lowest BCUT2D eigenvalue weighted by molar-refractivity contribution is -0.148. The molecule has 3 fully saturated rings. The number of carbonyl (C=O) groups is 2. The van der Waals surface area contributed by atoms with Crippen LogP contribution >= 0.6 is 7.60 Å². The molecule has 0 spiro atoms. The van der Waals surface area contributed by atoms with Crippen LogP contribution in [0.1, 0.15) is 86.0 Å². The molecule has 0 aromatic heterocycles. The second-order valence-corrected chi connectivity index (χ2v) is 13.6. The molecule has 0 heterocycles. The predicted octanol–water partition coefficient (Wildman–Crippen LogP) is 6.33. The Morgan fingerprint density at radius 3 is 2.38 bits per heavy atom. The highest BCUT2D eigenvalue weighted by molar-refractivity contribution is 7.54. The number of allylic oxidation sites excluding steroid dienone is 1. The number of ketones is 1. The third kappa shape index (κ3) is 4.60. The van der Waals surface area contributed by atoms with E-state index in [1.165, 1.54) is 18.4 Å². The summed E-state index contributed by atoms with van der Waals surface area (Å²) in [6.07, 6.45) is 10.2. The number of hydrogen-bond donors (Lipinski definition) is 0. The first-order chi connectivity index (χ1) is 16.1. The van der Waals surface area contributed by atoms with Gasteiger partial charge in [0.15, 0.2) is 0 Å². The highest BCUT2D eigenvalue weighted by Crippen LogP contribution is 2.66. The molecule has 192 valence electrons. The Morgan fingerprint density at radius 1 is 1.03 bits per heavy atom. The van der Waals surface area contributed by atoms with Crippen molar-refractivity contribution in [2.45, 2.75) is 92.1 Å². The number of ether oxygens (including phenoxy) is 1. The molecule has 0 saturated heterocycles. The van der Waals surface area contributed by atoms with Gasteiger partial charge in [-0.1, -0.05) is 25.5 Å². The fraction of sp³-hybridized carbons (Fsp3) is 0.852. The van der Waals surface area contributed by atoms with E-state index in [0.717, 1.165) is 38.5 Å². The van der Waals surface area contributed by atoms with Crippen LogP contribution in [0.2, 0.25) is 0 Å². The standard InChI is InChI=1S/C27H43O6P/c1-6-31-34(30,32-7-2)17-25(29)33-20-12-14-26(4)19(16-20)8-9-21-23-11-10-22(18(3)28)27(23,5)15-13-24(21)26/h8,20-24H,6-7,9-17H2,1-5H3/t20?,21-,22+,23-,24-,26-,27+/m0/s1. The Bertz CT molecular complexity index is 872. The van der Waals surface area contributed by atoms with Gasteiger partial charge in [0, 0.05) is 12.3 Å². The molecule has 0 aromatic rings. The molecule has 0 aromatic carbocycles. The van der Waals surface area contributed by atoms with Crippen LogP contribution in [0.5, 0.6) is 0 Å². The van der Waals surface area contributed by atoms with Crippen LogP contribution in [0, 0.1) is 34.5 Å². The zero-order valence-corrected chi connectivity index (χ0v) is 22.5. The van der Waals surface area contributed by atoms with Gasteiger partial charge in [-0.25, -0.2) is 0 Å².